The summed E-state index contributed by atoms with van der Waals surface area (Å²) in [7, 11) is 0. The Morgan fingerprint density at radius 1 is 1.71 bits per heavy atom. The number of rotatable bonds is 4. The van der Waals surface area contributed by atoms with Gasteiger partial charge >= 0.3 is 5.97 Å². The van der Waals surface area contributed by atoms with E-state index in [-0.39, 0.29) is 11.8 Å². The van der Waals surface area contributed by atoms with Crippen molar-refractivity contribution < 1.29 is 9.90 Å². The van der Waals surface area contributed by atoms with Crippen LogP contribution in [0.1, 0.15) is 19.3 Å². The van der Waals surface area contributed by atoms with E-state index in [1.807, 2.05) is 6.20 Å². The molecule has 4 nitrogen and oxygen atoms in total. The first-order chi connectivity index (χ1) is 6.60. The Balaban J connectivity index is 2.00. The van der Waals surface area contributed by atoms with Gasteiger partial charge in [0.25, 0.3) is 0 Å². The Morgan fingerprint density at radius 3 is 2.86 bits per heavy atom. The summed E-state index contributed by atoms with van der Waals surface area (Å²) in [5.41, 5.74) is -0.0305. The second-order valence-electron chi connectivity index (χ2n) is 3.93. The third-order valence-corrected chi connectivity index (χ3v) is 2.99. The van der Waals surface area contributed by atoms with E-state index in [9.17, 15) is 4.79 Å². The average molecular weight is 259 g/mol. The molecule has 0 aliphatic heterocycles. The maximum atomic E-state index is 10.6. The van der Waals surface area contributed by atoms with E-state index in [0.29, 0.717) is 6.54 Å². The van der Waals surface area contributed by atoms with Crippen molar-refractivity contribution in [2.45, 2.75) is 25.8 Å². The van der Waals surface area contributed by atoms with Gasteiger partial charge in [-0.2, -0.15) is 5.10 Å². The van der Waals surface area contributed by atoms with Crippen LogP contribution in [0.3, 0.4) is 0 Å². The van der Waals surface area contributed by atoms with Crippen LogP contribution in [0.25, 0.3) is 0 Å². The second kappa shape index (κ2) is 3.38. The van der Waals surface area contributed by atoms with E-state index in [4.69, 9.17) is 5.11 Å². The summed E-state index contributed by atoms with van der Waals surface area (Å²) in [6.45, 7) is 0.713. The normalized spacial score (nSPS) is 18.1. The molecule has 1 N–H and O–H groups in total. The number of halogens is 1. The number of carboxylic acids is 1. The molecule has 0 radical (unpaired) electrons. The molecule has 14 heavy (non-hydrogen) atoms. The van der Waals surface area contributed by atoms with Crippen LogP contribution >= 0.6 is 15.9 Å². The monoisotopic (exact) mass is 258 g/mol. The predicted molar refractivity (Wildman–Crippen MR) is 53.8 cm³/mol. The van der Waals surface area contributed by atoms with E-state index in [2.05, 4.69) is 21.0 Å². The summed E-state index contributed by atoms with van der Waals surface area (Å²) in [5, 5.41) is 12.9. The van der Waals surface area contributed by atoms with Crippen molar-refractivity contribution in [3.8, 4) is 0 Å². The first-order valence-corrected chi connectivity index (χ1v) is 5.29. The van der Waals surface area contributed by atoms with Crippen molar-refractivity contribution in [1.82, 2.24) is 9.78 Å². The molecule has 1 aromatic rings. The number of hydrogen-bond acceptors (Lipinski definition) is 2. The zero-order valence-corrected chi connectivity index (χ0v) is 9.20. The average Bonchev–Trinajstić information content (AvgIpc) is 2.67. The van der Waals surface area contributed by atoms with Gasteiger partial charge in [-0.3, -0.25) is 9.48 Å². The minimum Gasteiger partial charge on any atom is -0.481 e. The number of hydrogen-bond donors (Lipinski definition) is 1. The van der Waals surface area contributed by atoms with Crippen molar-refractivity contribution in [1.29, 1.82) is 0 Å². The molecule has 1 aromatic heterocycles. The Bertz CT molecular complexity index is 357. The Morgan fingerprint density at radius 2 is 2.43 bits per heavy atom. The zero-order valence-electron chi connectivity index (χ0n) is 7.61. The summed E-state index contributed by atoms with van der Waals surface area (Å²) < 4.78 is 2.74. The molecule has 76 valence electrons. The molecule has 5 heteroatoms. The lowest BCUT2D eigenvalue weighted by atomic mass is 10.0. The van der Waals surface area contributed by atoms with Gasteiger partial charge in [0, 0.05) is 18.2 Å². The smallest absolute Gasteiger partial charge is 0.303 e. The number of nitrogens with zero attached hydrogens (tertiary/aromatic N) is 2. The van der Waals surface area contributed by atoms with Crippen LogP contribution in [-0.2, 0) is 11.3 Å². The Kier molecular flexibility index (Phi) is 2.34. The topological polar surface area (TPSA) is 55.1 Å². The van der Waals surface area contributed by atoms with Gasteiger partial charge in [-0.05, 0) is 28.8 Å². The van der Waals surface area contributed by atoms with Crippen LogP contribution in [0, 0.1) is 5.41 Å². The second-order valence-corrected chi connectivity index (χ2v) is 4.84. The highest BCUT2D eigenvalue weighted by molar-refractivity contribution is 9.10. The van der Waals surface area contributed by atoms with Crippen LogP contribution in [0.4, 0.5) is 0 Å². The quantitative estimate of drug-likeness (QED) is 0.898. The standard InChI is InChI=1S/C9H11BrN2O2/c10-7-4-11-12(5-7)6-9(1-2-9)3-8(13)14/h4-5H,1-3,6H2,(H,13,14). The van der Waals surface area contributed by atoms with Crippen molar-refractivity contribution in [3.05, 3.63) is 16.9 Å². The maximum absolute atomic E-state index is 10.6. The van der Waals surface area contributed by atoms with Gasteiger partial charge in [0.2, 0.25) is 0 Å². The number of aliphatic carboxylic acids is 1. The molecule has 0 saturated heterocycles. The lowest BCUT2D eigenvalue weighted by Crippen LogP contribution is -2.16. The molecule has 0 spiro atoms. The molecular formula is C9H11BrN2O2. The molecule has 1 heterocycles. The van der Waals surface area contributed by atoms with Gasteiger partial charge in [0.05, 0.1) is 17.1 Å². The van der Waals surface area contributed by atoms with E-state index < -0.39 is 5.97 Å². The van der Waals surface area contributed by atoms with Gasteiger partial charge in [0.15, 0.2) is 0 Å². The largest absolute Gasteiger partial charge is 0.481 e. The lowest BCUT2D eigenvalue weighted by Gasteiger charge is -2.11. The molecule has 1 aliphatic rings. The molecular weight excluding hydrogens is 248 g/mol. The van der Waals surface area contributed by atoms with Crippen LogP contribution in [0.2, 0.25) is 0 Å². The van der Waals surface area contributed by atoms with Gasteiger partial charge in [0.1, 0.15) is 0 Å². The molecule has 0 unspecified atom stereocenters. The fourth-order valence-electron chi connectivity index (χ4n) is 1.66. The summed E-state index contributed by atoms with van der Waals surface area (Å²) >= 11 is 3.31. The van der Waals surface area contributed by atoms with Crippen LogP contribution in [-0.4, -0.2) is 20.9 Å². The molecule has 0 atom stereocenters. The SMILES string of the molecule is O=C(O)CC1(Cn2cc(Br)cn2)CC1. The van der Waals surface area contributed by atoms with Crippen LogP contribution < -0.4 is 0 Å². The van der Waals surface area contributed by atoms with E-state index in [0.717, 1.165) is 17.3 Å². The van der Waals surface area contributed by atoms with Crippen LogP contribution in [0.5, 0.6) is 0 Å². The molecule has 1 fully saturated rings. The minimum absolute atomic E-state index is 0.0305. The number of aromatic nitrogens is 2. The fraction of sp³-hybridized carbons (Fsp3) is 0.556. The van der Waals surface area contributed by atoms with Gasteiger partial charge in [-0.1, -0.05) is 0 Å². The molecule has 1 aliphatic carbocycles. The van der Waals surface area contributed by atoms with Crippen molar-refractivity contribution in [2.75, 3.05) is 0 Å². The van der Waals surface area contributed by atoms with E-state index >= 15 is 0 Å². The molecule has 2 rings (SSSR count). The first kappa shape index (κ1) is 9.71. The highest BCUT2D eigenvalue weighted by Gasteiger charge is 2.44. The summed E-state index contributed by atoms with van der Waals surface area (Å²) in [6.07, 6.45) is 5.84. The van der Waals surface area contributed by atoms with Crippen molar-refractivity contribution >= 4 is 21.9 Å². The summed E-state index contributed by atoms with van der Waals surface area (Å²) in [4.78, 5) is 10.6. The lowest BCUT2D eigenvalue weighted by molar-refractivity contribution is -0.138. The summed E-state index contributed by atoms with van der Waals surface area (Å²) in [5.74, 6) is -0.714. The third kappa shape index (κ3) is 2.15. The van der Waals surface area contributed by atoms with Crippen molar-refractivity contribution in [2.24, 2.45) is 5.41 Å². The first-order valence-electron chi connectivity index (χ1n) is 4.49. The number of carboxylic acid groups (broad SMARTS) is 1. The highest BCUT2D eigenvalue weighted by atomic mass is 79.9. The summed E-state index contributed by atoms with van der Waals surface area (Å²) in [6, 6.07) is 0. The Labute approximate surface area is 90.0 Å². The predicted octanol–water partition coefficient (Wildman–Crippen LogP) is 1.90. The highest BCUT2D eigenvalue weighted by Crippen LogP contribution is 2.50. The van der Waals surface area contributed by atoms with Gasteiger partial charge in [-0.25, -0.2) is 0 Å². The minimum atomic E-state index is -0.714. The zero-order chi connectivity index (χ0) is 10.2. The van der Waals surface area contributed by atoms with E-state index in [1.165, 1.54) is 0 Å². The fourth-order valence-corrected chi connectivity index (χ4v) is 1.98. The van der Waals surface area contributed by atoms with Crippen molar-refractivity contribution in [3.63, 3.8) is 0 Å². The number of carbonyl (C=O) groups is 1. The van der Waals surface area contributed by atoms with Crippen LogP contribution in [0.15, 0.2) is 16.9 Å². The van der Waals surface area contributed by atoms with Gasteiger partial charge < -0.3 is 5.11 Å². The Hall–Kier alpha value is -0.840. The van der Waals surface area contributed by atoms with Gasteiger partial charge in [-0.15, -0.1) is 0 Å². The van der Waals surface area contributed by atoms with E-state index in [1.54, 1.807) is 10.9 Å². The molecule has 0 amide bonds. The molecule has 1 saturated carbocycles. The third-order valence-electron chi connectivity index (χ3n) is 2.58. The molecule has 0 bridgehead atoms. The molecule has 0 aromatic carbocycles. The maximum Gasteiger partial charge on any atom is 0.303 e.